The molecule has 0 unspecified atom stereocenters. The SMILES string of the molecule is O=C(CSc1nc2ccccc2n1Cc1ccc(Cl)cc1)NN=Cc1ccc(C(=O)[O-])cc1. The normalized spacial score (nSPS) is 11.2. The molecule has 0 aliphatic carbocycles. The molecule has 0 aliphatic rings. The van der Waals surface area contributed by atoms with E-state index < -0.39 is 5.97 Å². The Bertz CT molecular complexity index is 1320. The van der Waals surface area contributed by atoms with Crippen molar-refractivity contribution in [3.05, 3.63) is 94.5 Å². The van der Waals surface area contributed by atoms with Crippen LogP contribution < -0.4 is 10.5 Å². The van der Waals surface area contributed by atoms with Crippen LogP contribution >= 0.6 is 23.4 Å². The van der Waals surface area contributed by atoms with Crippen molar-refractivity contribution in [1.29, 1.82) is 0 Å². The molecule has 0 saturated carbocycles. The first-order valence-corrected chi connectivity index (χ1v) is 11.3. The van der Waals surface area contributed by atoms with E-state index in [9.17, 15) is 14.7 Å². The van der Waals surface area contributed by atoms with Gasteiger partial charge < -0.3 is 14.5 Å². The van der Waals surface area contributed by atoms with Gasteiger partial charge in [0.15, 0.2) is 5.16 Å². The number of hydrogen-bond acceptors (Lipinski definition) is 6. The van der Waals surface area contributed by atoms with E-state index in [-0.39, 0.29) is 17.2 Å². The summed E-state index contributed by atoms with van der Waals surface area (Å²) in [6.07, 6.45) is 1.44. The van der Waals surface area contributed by atoms with Gasteiger partial charge in [-0.25, -0.2) is 10.4 Å². The molecule has 0 spiro atoms. The summed E-state index contributed by atoms with van der Waals surface area (Å²) < 4.78 is 2.07. The number of benzene rings is 3. The molecule has 9 heteroatoms. The predicted octanol–water partition coefficient (Wildman–Crippen LogP) is 3.34. The van der Waals surface area contributed by atoms with E-state index >= 15 is 0 Å². The molecule has 33 heavy (non-hydrogen) atoms. The number of thioether (sulfide) groups is 1. The molecule has 1 N–H and O–H groups in total. The van der Waals surface area contributed by atoms with Crippen LogP contribution in [0.4, 0.5) is 0 Å². The van der Waals surface area contributed by atoms with Crippen LogP contribution in [-0.2, 0) is 11.3 Å². The van der Waals surface area contributed by atoms with Crippen LogP contribution in [0.3, 0.4) is 0 Å². The van der Waals surface area contributed by atoms with Crippen LogP contribution in [0.1, 0.15) is 21.5 Å². The Hall–Kier alpha value is -3.62. The van der Waals surface area contributed by atoms with Crippen LogP contribution in [-0.4, -0.2) is 33.4 Å². The molecule has 0 radical (unpaired) electrons. The van der Waals surface area contributed by atoms with Gasteiger partial charge in [0.05, 0.1) is 35.5 Å². The molecule has 0 atom stereocenters. The maximum Gasteiger partial charge on any atom is 0.250 e. The molecule has 0 bridgehead atoms. The molecule has 0 fully saturated rings. The minimum Gasteiger partial charge on any atom is -0.545 e. The summed E-state index contributed by atoms with van der Waals surface area (Å²) in [6.45, 7) is 0.599. The van der Waals surface area contributed by atoms with Gasteiger partial charge in [0.2, 0.25) is 0 Å². The van der Waals surface area contributed by atoms with E-state index in [1.165, 1.54) is 30.1 Å². The fourth-order valence-corrected chi connectivity index (χ4v) is 4.07. The lowest BCUT2D eigenvalue weighted by Crippen LogP contribution is -2.22. The summed E-state index contributed by atoms with van der Waals surface area (Å²) in [5.74, 6) is -1.40. The summed E-state index contributed by atoms with van der Waals surface area (Å²) in [7, 11) is 0. The highest BCUT2D eigenvalue weighted by molar-refractivity contribution is 7.99. The third kappa shape index (κ3) is 5.79. The number of nitrogens with zero attached hydrogens (tertiary/aromatic N) is 3. The van der Waals surface area contributed by atoms with Gasteiger partial charge >= 0.3 is 0 Å². The number of fused-ring (bicyclic) bond motifs is 1. The van der Waals surface area contributed by atoms with Gasteiger partial charge in [-0.15, -0.1) is 0 Å². The van der Waals surface area contributed by atoms with Crippen LogP contribution in [0.25, 0.3) is 11.0 Å². The second-order valence-corrected chi connectivity index (χ2v) is 8.47. The Morgan fingerprint density at radius 3 is 2.52 bits per heavy atom. The second kappa shape index (κ2) is 10.3. The lowest BCUT2D eigenvalue weighted by molar-refractivity contribution is -0.255. The minimum absolute atomic E-state index is 0.0778. The topological polar surface area (TPSA) is 99.4 Å². The molecule has 1 heterocycles. The molecular formula is C24H18ClN4O3S-. The number of rotatable bonds is 8. The molecule has 1 aromatic heterocycles. The third-order valence-electron chi connectivity index (χ3n) is 4.76. The van der Waals surface area contributed by atoms with Gasteiger partial charge in [-0.05, 0) is 41.0 Å². The highest BCUT2D eigenvalue weighted by atomic mass is 35.5. The Balaban J connectivity index is 1.41. The third-order valence-corrected chi connectivity index (χ3v) is 5.98. The second-order valence-electron chi connectivity index (χ2n) is 7.09. The number of halogens is 1. The van der Waals surface area contributed by atoms with Gasteiger partial charge in [0.1, 0.15) is 0 Å². The quantitative estimate of drug-likeness (QED) is 0.238. The monoisotopic (exact) mass is 477 g/mol. The number of carboxylic acids is 1. The predicted molar refractivity (Wildman–Crippen MR) is 128 cm³/mol. The Kier molecular flexibility index (Phi) is 7.07. The Morgan fingerprint density at radius 1 is 1.06 bits per heavy atom. The van der Waals surface area contributed by atoms with Crippen molar-refractivity contribution in [2.45, 2.75) is 11.7 Å². The largest absolute Gasteiger partial charge is 0.545 e. The fraction of sp³-hybridized carbons (Fsp3) is 0.0833. The number of nitrogens with one attached hydrogen (secondary N) is 1. The first-order valence-electron chi connectivity index (χ1n) is 9.95. The maximum atomic E-state index is 12.3. The first-order chi connectivity index (χ1) is 16.0. The lowest BCUT2D eigenvalue weighted by Gasteiger charge is -2.09. The van der Waals surface area contributed by atoms with E-state index in [1.807, 2.05) is 48.5 Å². The van der Waals surface area contributed by atoms with Crippen LogP contribution in [0.2, 0.25) is 5.02 Å². The van der Waals surface area contributed by atoms with E-state index in [4.69, 9.17) is 11.6 Å². The van der Waals surface area contributed by atoms with Crippen LogP contribution in [0, 0.1) is 0 Å². The average molecular weight is 478 g/mol. The number of aromatic nitrogens is 2. The number of carboxylic acid groups (broad SMARTS) is 1. The van der Waals surface area contributed by atoms with Gasteiger partial charge in [-0.3, -0.25) is 4.79 Å². The van der Waals surface area contributed by atoms with Crippen molar-refractivity contribution in [2.24, 2.45) is 5.10 Å². The van der Waals surface area contributed by atoms with Crippen LogP contribution in [0.5, 0.6) is 0 Å². The van der Waals surface area contributed by atoms with Crippen molar-refractivity contribution < 1.29 is 14.7 Å². The molecule has 4 aromatic rings. The zero-order chi connectivity index (χ0) is 23.2. The fourth-order valence-electron chi connectivity index (χ4n) is 3.14. The number of imidazole rings is 1. The molecule has 7 nitrogen and oxygen atoms in total. The molecule has 4 rings (SSSR count). The number of carbonyl (C=O) groups excluding carboxylic acids is 2. The lowest BCUT2D eigenvalue weighted by atomic mass is 10.1. The minimum atomic E-state index is -1.24. The van der Waals surface area contributed by atoms with Gasteiger partial charge in [-0.1, -0.05) is 71.9 Å². The zero-order valence-electron chi connectivity index (χ0n) is 17.3. The molecule has 166 valence electrons. The van der Waals surface area contributed by atoms with Gasteiger partial charge in [0.25, 0.3) is 5.91 Å². The zero-order valence-corrected chi connectivity index (χ0v) is 18.8. The Morgan fingerprint density at radius 2 is 1.79 bits per heavy atom. The van der Waals surface area contributed by atoms with Gasteiger partial charge in [-0.2, -0.15) is 5.10 Å². The summed E-state index contributed by atoms with van der Waals surface area (Å²) in [5.41, 5.74) is 6.11. The first kappa shape index (κ1) is 22.6. The molecule has 1 amide bonds. The highest BCUT2D eigenvalue weighted by Crippen LogP contribution is 2.25. The van der Waals surface area contributed by atoms with Crippen molar-refractivity contribution >= 4 is 52.5 Å². The number of para-hydroxylation sites is 2. The summed E-state index contributed by atoms with van der Waals surface area (Å²) in [6, 6.07) is 21.4. The average Bonchev–Trinajstić information content (AvgIpc) is 3.17. The Labute approximate surface area is 199 Å². The van der Waals surface area contributed by atoms with Crippen molar-refractivity contribution in [3.63, 3.8) is 0 Å². The summed E-state index contributed by atoms with van der Waals surface area (Å²) in [4.78, 5) is 27.8. The number of hydrogen-bond donors (Lipinski definition) is 1. The van der Waals surface area contributed by atoms with Crippen molar-refractivity contribution in [1.82, 2.24) is 15.0 Å². The van der Waals surface area contributed by atoms with E-state index in [2.05, 4.69) is 20.1 Å². The van der Waals surface area contributed by atoms with E-state index in [1.54, 1.807) is 12.1 Å². The van der Waals surface area contributed by atoms with E-state index in [0.29, 0.717) is 17.1 Å². The molecule has 0 aliphatic heterocycles. The summed E-state index contributed by atoms with van der Waals surface area (Å²) in [5, 5.41) is 16.1. The van der Waals surface area contributed by atoms with Crippen molar-refractivity contribution in [3.8, 4) is 0 Å². The molecular weight excluding hydrogens is 460 g/mol. The number of carbonyl (C=O) groups is 2. The maximum absolute atomic E-state index is 12.3. The smallest absolute Gasteiger partial charge is 0.250 e. The van der Waals surface area contributed by atoms with Gasteiger partial charge in [0, 0.05) is 5.02 Å². The number of amides is 1. The molecule has 0 saturated heterocycles. The molecule has 3 aromatic carbocycles. The number of aromatic carboxylic acids is 1. The number of hydrazone groups is 1. The van der Waals surface area contributed by atoms with Crippen LogP contribution in [0.15, 0.2) is 83.1 Å². The summed E-state index contributed by atoms with van der Waals surface area (Å²) >= 11 is 7.32. The van der Waals surface area contributed by atoms with E-state index in [0.717, 1.165) is 21.8 Å². The standard InChI is InChI=1S/C24H19ClN4O3S/c25-19-11-7-17(8-12-19)14-29-21-4-2-1-3-20(21)27-24(29)33-15-22(30)28-26-13-16-5-9-18(10-6-16)23(31)32/h1-13H,14-15H2,(H,28,30)(H,31,32)/p-1. The van der Waals surface area contributed by atoms with Crippen molar-refractivity contribution in [2.75, 3.05) is 5.75 Å². The highest BCUT2D eigenvalue weighted by Gasteiger charge is 2.13.